The summed E-state index contributed by atoms with van der Waals surface area (Å²) in [6.45, 7) is 0. The fourth-order valence-corrected chi connectivity index (χ4v) is 1.70. The van der Waals surface area contributed by atoms with Gasteiger partial charge in [0.15, 0.2) is 0 Å². The number of hydrogen-bond donors (Lipinski definition) is 1. The lowest BCUT2D eigenvalue weighted by molar-refractivity contribution is 0.0162. The zero-order chi connectivity index (χ0) is 7.56. The summed E-state index contributed by atoms with van der Waals surface area (Å²) in [6.07, 6.45) is 2.48. The van der Waals surface area contributed by atoms with Crippen LogP contribution in [0.3, 0.4) is 0 Å². The molecule has 1 fully saturated rings. The third kappa shape index (κ3) is 1.62. The van der Waals surface area contributed by atoms with E-state index in [1.165, 1.54) is 0 Å². The van der Waals surface area contributed by atoms with Gasteiger partial charge in [-0.3, -0.25) is 0 Å². The highest BCUT2D eigenvalue weighted by molar-refractivity contribution is 6.21. The van der Waals surface area contributed by atoms with Gasteiger partial charge in [0.25, 0.3) is 0 Å². The second kappa shape index (κ2) is 3.56. The molecule has 0 amide bonds. The van der Waals surface area contributed by atoms with E-state index in [0.717, 1.165) is 19.3 Å². The van der Waals surface area contributed by atoms with Crippen LogP contribution in [0.15, 0.2) is 0 Å². The van der Waals surface area contributed by atoms with Crippen LogP contribution in [0.25, 0.3) is 0 Å². The lowest BCUT2D eigenvalue weighted by Gasteiger charge is -2.29. The fraction of sp³-hybridized carbons (Fsp3) is 1.00. The Balaban J connectivity index is 2.42. The van der Waals surface area contributed by atoms with Crippen LogP contribution in [-0.2, 0) is 4.74 Å². The maximum Gasteiger partial charge on any atom is 0.0856 e. The molecule has 1 rings (SSSR count). The first-order valence-corrected chi connectivity index (χ1v) is 4.04. The SMILES string of the molecule is CO[C@@H]1CCC[C@H](O)[C@H]1Cl. The number of methoxy groups -OCH3 is 1. The highest BCUT2D eigenvalue weighted by Gasteiger charge is 2.29. The fourth-order valence-electron chi connectivity index (χ4n) is 1.34. The van der Waals surface area contributed by atoms with Gasteiger partial charge in [0.1, 0.15) is 0 Å². The van der Waals surface area contributed by atoms with E-state index in [1.807, 2.05) is 0 Å². The van der Waals surface area contributed by atoms with Gasteiger partial charge in [0.2, 0.25) is 0 Å². The maximum atomic E-state index is 9.27. The van der Waals surface area contributed by atoms with Crippen LogP contribution in [0.5, 0.6) is 0 Å². The van der Waals surface area contributed by atoms with Gasteiger partial charge in [-0.2, -0.15) is 0 Å². The van der Waals surface area contributed by atoms with Crippen molar-refractivity contribution < 1.29 is 9.84 Å². The van der Waals surface area contributed by atoms with Crippen LogP contribution in [0.2, 0.25) is 0 Å². The Bertz CT molecular complexity index is 108. The van der Waals surface area contributed by atoms with Crippen LogP contribution < -0.4 is 0 Å². The lowest BCUT2D eigenvalue weighted by atomic mass is 9.94. The van der Waals surface area contributed by atoms with Crippen LogP contribution in [-0.4, -0.2) is 29.8 Å². The van der Waals surface area contributed by atoms with Crippen molar-refractivity contribution in [3.8, 4) is 0 Å². The van der Waals surface area contributed by atoms with Crippen molar-refractivity contribution in [1.29, 1.82) is 0 Å². The number of alkyl halides is 1. The largest absolute Gasteiger partial charge is 0.391 e. The molecule has 1 aliphatic carbocycles. The first-order valence-electron chi connectivity index (χ1n) is 3.60. The summed E-state index contributed by atoms with van der Waals surface area (Å²) in [5, 5.41) is 9.06. The normalized spacial score (nSPS) is 41.7. The van der Waals surface area contributed by atoms with E-state index in [-0.39, 0.29) is 17.6 Å². The van der Waals surface area contributed by atoms with Gasteiger partial charge in [-0.25, -0.2) is 0 Å². The number of hydrogen-bond acceptors (Lipinski definition) is 2. The van der Waals surface area contributed by atoms with E-state index in [0.29, 0.717) is 0 Å². The summed E-state index contributed by atoms with van der Waals surface area (Å²) >= 11 is 5.86. The van der Waals surface area contributed by atoms with Crippen molar-refractivity contribution in [2.75, 3.05) is 7.11 Å². The highest BCUT2D eigenvalue weighted by Crippen LogP contribution is 2.25. The van der Waals surface area contributed by atoms with E-state index >= 15 is 0 Å². The second-order valence-corrected chi connectivity index (χ2v) is 3.22. The van der Waals surface area contributed by atoms with Crippen molar-refractivity contribution in [3.63, 3.8) is 0 Å². The minimum absolute atomic E-state index is 0.0467. The topological polar surface area (TPSA) is 29.5 Å². The molecule has 60 valence electrons. The highest BCUT2D eigenvalue weighted by atomic mass is 35.5. The number of rotatable bonds is 1. The van der Waals surface area contributed by atoms with Crippen molar-refractivity contribution in [2.45, 2.75) is 36.8 Å². The van der Waals surface area contributed by atoms with Gasteiger partial charge in [-0.05, 0) is 19.3 Å². The van der Waals surface area contributed by atoms with Crippen LogP contribution >= 0.6 is 11.6 Å². The predicted molar refractivity (Wildman–Crippen MR) is 40.3 cm³/mol. The van der Waals surface area contributed by atoms with Gasteiger partial charge in [0, 0.05) is 7.11 Å². The Morgan fingerprint density at radius 2 is 2.20 bits per heavy atom. The maximum absolute atomic E-state index is 9.27. The third-order valence-electron chi connectivity index (χ3n) is 2.01. The summed E-state index contributed by atoms with van der Waals surface area (Å²) in [5.74, 6) is 0. The van der Waals surface area contributed by atoms with Gasteiger partial charge < -0.3 is 9.84 Å². The minimum atomic E-state index is -0.375. The molecule has 0 unspecified atom stereocenters. The average molecular weight is 165 g/mol. The van der Waals surface area contributed by atoms with Gasteiger partial charge >= 0.3 is 0 Å². The van der Waals surface area contributed by atoms with Crippen LogP contribution in [0.4, 0.5) is 0 Å². The molecule has 0 aliphatic heterocycles. The van der Waals surface area contributed by atoms with Crippen LogP contribution in [0, 0.1) is 0 Å². The Kier molecular flexibility index (Phi) is 2.96. The van der Waals surface area contributed by atoms with Gasteiger partial charge in [-0.15, -0.1) is 11.6 Å². The van der Waals surface area contributed by atoms with Crippen molar-refractivity contribution in [2.24, 2.45) is 0 Å². The molecular formula is C7H13ClO2. The Morgan fingerprint density at radius 3 is 2.70 bits per heavy atom. The predicted octanol–water partition coefficient (Wildman–Crippen LogP) is 1.15. The smallest absolute Gasteiger partial charge is 0.0856 e. The molecule has 3 atom stereocenters. The molecule has 0 radical (unpaired) electrons. The zero-order valence-electron chi connectivity index (χ0n) is 6.09. The summed E-state index contributed by atoms with van der Waals surface area (Å²) in [6, 6.07) is 0. The molecule has 0 saturated heterocycles. The molecular weight excluding hydrogens is 152 g/mol. The molecule has 1 saturated carbocycles. The van der Waals surface area contributed by atoms with Crippen molar-refractivity contribution in [3.05, 3.63) is 0 Å². The molecule has 1 aliphatic rings. The van der Waals surface area contributed by atoms with Crippen molar-refractivity contribution >= 4 is 11.6 Å². The van der Waals surface area contributed by atoms with E-state index in [1.54, 1.807) is 7.11 Å². The number of halogens is 1. The molecule has 0 aromatic rings. The Labute approximate surface area is 66.1 Å². The number of aliphatic hydroxyl groups is 1. The van der Waals surface area contributed by atoms with E-state index in [4.69, 9.17) is 16.3 Å². The molecule has 0 aromatic carbocycles. The van der Waals surface area contributed by atoms with E-state index in [9.17, 15) is 5.11 Å². The van der Waals surface area contributed by atoms with Crippen LogP contribution in [0.1, 0.15) is 19.3 Å². The molecule has 3 heteroatoms. The Morgan fingerprint density at radius 1 is 1.50 bits per heavy atom. The molecule has 0 bridgehead atoms. The second-order valence-electron chi connectivity index (χ2n) is 2.72. The average Bonchev–Trinajstić information content (AvgIpc) is 1.95. The summed E-state index contributed by atoms with van der Waals surface area (Å²) in [5.41, 5.74) is 0. The molecule has 10 heavy (non-hydrogen) atoms. The standard InChI is InChI=1S/C7H13ClO2/c1-10-6-4-2-3-5(9)7(6)8/h5-7,9H,2-4H2,1H3/t5-,6+,7+/m0/s1. The summed E-state index contributed by atoms with van der Waals surface area (Å²) < 4.78 is 5.08. The van der Waals surface area contributed by atoms with Crippen molar-refractivity contribution in [1.82, 2.24) is 0 Å². The number of ether oxygens (including phenoxy) is 1. The Hall–Kier alpha value is 0.210. The molecule has 0 heterocycles. The monoisotopic (exact) mass is 164 g/mol. The molecule has 0 aromatic heterocycles. The zero-order valence-corrected chi connectivity index (χ0v) is 6.84. The first-order chi connectivity index (χ1) is 4.75. The molecule has 2 nitrogen and oxygen atoms in total. The van der Waals surface area contributed by atoms with E-state index in [2.05, 4.69) is 0 Å². The third-order valence-corrected chi connectivity index (χ3v) is 2.59. The van der Waals surface area contributed by atoms with E-state index < -0.39 is 0 Å². The lowest BCUT2D eigenvalue weighted by Crippen LogP contribution is -2.38. The molecule has 0 spiro atoms. The number of aliphatic hydroxyl groups excluding tert-OH is 1. The quantitative estimate of drug-likeness (QED) is 0.590. The summed E-state index contributed by atoms with van der Waals surface area (Å²) in [4.78, 5) is 0. The minimum Gasteiger partial charge on any atom is -0.391 e. The van der Waals surface area contributed by atoms with Gasteiger partial charge in [0.05, 0.1) is 17.6 Å². The van der Waals surface area contributed by atoms with Gasteiger partial charge in [-0.1, -0.05) is 0 Å². The summed E-state index contributed by atoms with van der Waals surface area (Å²) in [7, 11) is 1.64. The molecule has 1 N–H and O–H groups in total. The first kappa shape index (κ1) is 8.31.